The van der Waals surface area contributed by atoms with Gasteiger partial charge in [-0.2, -0.15) is 0 Å². The molecule has 0 spiro atoms. The maximum atomic E-state index is 14.4. The van der Waals surface area contributed by atoms with Gasteiger partial charge in [-0.3, -0.25) is 19.7 Å². The minimum atomic E-state index is -0.552. The Morgan fingerprint density at radius 2 is 2.00 bits per heavy atom. The molecular weight excluding hydrogens is 453 g/mol. The van der Waals surface area contributed by atoms with Crippen molar-refractivity contribution in [2.24, 2.45) is 0 Å². The summed E-state index contributed by atoms with van der Waals surface area (Å²) < 4.78 is 27.2. The third-order valence-electron chi connectivity index (χ3n) is 7.26. The van der Waals surface area contributed by atoms with E-state index in [0.29, 0.717) is 73.8 Å². The van der Waals surface area contributed by atoms with Crippen molar-refractivity contribution >= 4 is 11.0 Å². The van der Waals surface area contributed by atoms with Crippen LogP contribution in [0, 0.1) is 5.82 Å². The number of β-amino-alcohol motifs (C(OH)–C–C–N with tert-alkyl or cyclic N) is 1. The molecular formula is C25H28FN5O4. The molecule has 35 heavy (non-hydrogen) atoms. The van der Waals surface area contributed by atoms with Gasteiger partial charge in [0.25, 0.3) is 5.56 Å². The molecule has 3 aliphatic heterocycles. The number of halogens is 1. The number of pyridine rings is 3. The topological polar surface area (TPSA) is 102 Å². The zero-order valence-electron chi connectivity index (χ0n) is 19.3. The second-order valence-electron chi connectivity index (χ2n) is 9.47. The van der Waals surface area contributed by atoms with Gasteiger partial charge in [-0.25, -0.2) is 4.39 Å². The first-order valence-electron chi connectivity index (χ1n) is 12.1. The van der Waals surface area contributed by atoms with E-state index < -0.39 is 6.10 Å². The predicted molar refractivity (Wildman–Crippen MR) is 126 cm³/mol. The van der Waals surface area contributed by atoms with E-state index in [1.165, 1.54) is 12.3 Å². The molecule has 6 rings (SSSR count). The number of piperidine rings is 1. The SMILES string of the molecule is O=c1ccc2ncc(F)c3c2n1C(CN1CC[C@H](NCc2cc4c(cn2)OCCO4)[C@H](O)C1)CC3. The van der Waals surface area contributed by atoms with E-state index in [1.807, 2.05) is 6.07 Å². The molecule has 6 heterocycles. The van der Waals surface area contributed by atoms with Crippen LogP contribution in [-0.4, -0.2) is 69.5 Å². The van der Waals surface area contributed by atoms with Gasteiger partial charge in [-0.05, 0) is 31.9 Å². The molecule has 3 aromatic heterocycles. The van der Waals surface area contributed by atoms with Crippen LogP contribution in [0.3, 0.4) is 0 Å². The van der Waals surface area contributed by atoms with Crippen molar-refractivity contribution in [3.63, 3.8) is 0 Å². The molecule has 3 aliphatic rings. The van der Waals surface area contributed by atoms with Gasteiger partial charge >= 0.3 is 0 Å². The number of aromatic nitrogens is 3. The molecule has 184 valence electrons. The number of aryl methyl sites for hydroxylation is 1. The smallest absolute Gasteiger partial charge is 0.251 e. The van der Waals surface area contributed by atoms with Gasteiger partial charge in [0.2, 0.25) is 0 Å². The summed E-state index contributed by atoms with van der Waals surface area (Å²) in [6, 6.07) is 4.90. The minimum Gasteiger partial charge on any atom is -0.486 e. The van der Waals surface area contributed by atoms with Crippen molar-refractivity contribution in [1.29, 1.82) is 0 Å². The number of nitrogens with zero attached hydrogens (tertiary/aromatic N) is 4. The Labute approximate surface area is 201 Å². The summed E-state index contributed by atoms with van der Waals surface area (Å²) in [7, 11) is 0. The lowest BCUT2D eigenvalue weighted by atomic mass is 9.96. The molecule has 3 atom stereocenters. The van der Waals surface area contributed by atoms with Gasteiger partial charge < -0.3 is 24.5 Å². The highest BCUT2D eigenvalue weighted by Crippen LogP contribution is 2.31. The van der Waals surface area contributed by atoms with Gasteiger partial charge in [0.1, 0.15) is 19.0 Å². The van der Waals surface area contributed by atoms with Crippen molar-refractivity contribution in [1.82, 2.24) is 24.8 Å². The summed E-state index contributed by atoms with van der Waals surface area (Å²) in [5.41, 5.74) is 2.51. The fourth-order valence-corrected chi connectivity index (χ4v) is 5.50. The average Bonchev–Trinajstić information content (AvgIpc) is 2.87. The maximum Gasteiger partial charge on any atom is 0.251 e. The van der Waals surface area contributed by atoms with E-state index in [0.717, 1.165) is 18.7 Å². The van der Waals surface area contributed by atoms with Crippen LogP contribution in [0.4, 0.5) is 4.39 Å². The van der Waals surface area contributed by atoms with Gasteiger partial charge in [-0.15, -0.1) is 0 Å². The van der Waals surface area contributed by atoms with Crippen LogP contribution in [0.25, 0.3) is 11.0 Å². The van der Waals surface area contributed by atoms with E-state index >= 15 is 0 Å². The largest absolute Gasteiger partial charge is 0.486 e. The van der Waals surface area contributed by atoms with Crippen molar-refractivity contribution in [2.75, 3.05) is 32.8 Å². The van der Waals surface area contributed by atoms with Crippen molar-refractivity contribution in [3.8, 4) is 11.5 Å². The maximum absolute atomic E-state index is 14.4. The Morgan fingerprint density at radius 1 is 1.14 bits per heavy atom. The summed E-state index contributed by atoms with van der Waals surface area (Å²) in [5.74, 6) is 1.00. The number of ether oxygens (including phenoxy) is 2. The normalized spacial score (nSPS) is 24.0. The van der Waals surface area contributed by atoms with Crippen molar-refractivity contribution < 1.29 is 19.0 Å². The number of hydrogen-bond donors (Lipinski definition) is 2. The molecule has 0 aromatic carbocycles. The fraction of sp³-hybridized carbons (Fsp3) is 0.480. The predicted octanol–water partition coefficient (Wildman–Crippen LogP) is 1.41. The van der Waals surface area contributed by atoms with E-state index in [4.69, 9.17) is 9.47 Å². The molecule has 9 nitrogen and oxygen atoms in total. The summed E-state index contributed by atoms with van der Waals surface area (Å²) in [6.07, 6.45) is 4.38. The Hall–Kier alpha value is -3.08. The zero-order valence-corrected chi connectivity index (χ0v) is 19.3. The lowest BCUT2D eigenvalue weighted by Crippen LogP contribution is -2.53. The van der Waals surface area contributed by atoms with E-state index in [9.17, 15) is 14.3 Å². The Kier molecular flexibility index (Phi) is 5.87. The van der Waals surface area contributed by atoms with Crippen LogP contribution >= 0.6 is 0 Å². The second kappa shape index (κ2) is 9.18. The van der Waals surface area contributed by atoms with Gasteiger partial charge in [0.05, 0.1) is 41.3 Å². The van der Waals surface area contributed by atoms with Crippen molar-refractivity contribution in [2.45, 2.75) is 44.0 Å². The Morgan fingerprint density at radius 3 is 2.86 bits per heavy atom. The van der Waals surface area contributed by atoms with Gasteiger partial charge in [0, 0.05) is 43.4 Å². The Bertz CT molecular complexity index is 1310. The van der Waals surface area contributed by atoms with Gasteiger partial charge in [0.15, 0.2) is 11.5 Å². The standard InChI is InChI=1S/C25H28FN5O4/c26-18-11-29-20-3-4-24(33)31-16(1-2-17(18)25(20)31)13-30-6-5-19(21(32)14-30)28-10-15-9-22-23(12-27-15)35-8-7-34-22/h3-4,9,11-12,16,19,21,28,32H,1-2,5-8,10,13-14H2/t16?,19-,21+/m0/s1. The quantitative estimate of drug-likeness (QED) is 0.564. The van der Waals surface area contributed by atoms with Crippen LogP contribution in [-0.2, 0) is 13.0 Å². The van der Waals surface area contributed by atoms with Gasteiger partial charge in [-0.1, -0.05) is 0 Å². The Balaban J connectivity index is 1.10. The van der Waals surface area contributed by atoms with E-state index in [2.05, 4.69) is 20.2 Å². The summed E-state index contributed by atoms with van der Waals surface area (Å²) in [6.45, 7) is 3.50. The third-order valence-corrected chi connectivity index (χ3v) is 7.26. The van der Waals surface area contributed by atoms with Crippen molar-refractivity contribution in [3.05, 3.63) is 58.0 Å². The minimum absolute atomic E-state index is 0.0576. The van der Waals surface area contributed by atoms with Crippen LogP contribution in [0.2, 0.25) is 0 Å². The molecule has 3 aromatic rings. The number of likely N-dealkylation sites (tertiary alicyclic amines) is 1. The number of aliphatic hydroxyl groups is 1. The summed E-state index contributed by atoms with van der Waals surface area (Å²) >= 11 is 0. The number of hydrogen-bond acceptors (Lipinski definition) is 8. The number of rotatable bonds is 5. The molecule has 0 bridgehead atoms. The van der Waals surface area contributed by atoms with E-state index in [-0.39, 0.29) is 23.5 Å². The van der Waals surface area contributed by atoms with Crippen LogP contribution in [0.15, 0.2) is 35.4 Å². The molecule has 1 unspecified atom stereocenters. The second-order valence-corrected chi connectivity index (χ2v) is 9.47. The third kappa shape index (κ3) is 4.26. The molecule has 2 N–H and O–H groups in total. The molecule has 1 fully saturated rings. The van der Waals surface area contributed by atoms with Crippen LogP contribution in [0.1, 0.15) is 30.1 Å². The first kappa shape index (κ1) is 22.4. The van der Waals surface area contributed by atoms with Crippen LogP contribution in [0.5, 0.6) is 11.5 Å². The highest BCUT2D eigenvalue weighted by atomic mass is 19.1. The number of nitrogens with one attached hydrogen (secondary N) is 1. The number of fused-ring (bicyclic) bond motifs is 1. The zero-order chi connectivity index (χ0) is 23.9. The van der Waals surface area contributed by atoms with Crippen LogP contribution < -0.4 is 20.3 Å². The average molecular weight is 482 g/mol. The lowest BCUT2D eigenvalue weighted by molar-refractivity contribution is 0.0331. The first-order chi connectivity index (χ1) is 17.1. The molecule has 0 saturated carbocycles. The molecule has 1 saturated heterocycles. The first-order valence-corrected chi connectivity index (χ1v) is 12.1. The summed E-state index contributed by atoms with van der Waals surface area (Å²) in [5, 5.41) is 14.3. The highest BCUT2D eigenvalue weighted by molar-refractivity contribution is 5.79. The lowest BCUT2D eigenvalue weighted by Gasteiger charge is -2.39. The van der Waals surface area contributed by atoms with E-state index in [1.54, 1.807) is 16.8 Å². The monoisotopic (exact) mass is 481 g/mol. The molecule has 0 radical (unpaired) electrons. The highest BCUT2D eigenvalue weighted by Gasteiger charge is 2.31. The molecule has 0 amide bonds. The summed E-state index contributed by atoms with van der Waals surface area (Å²) in [4.78, 5) is 23.5. The number of aliphatic hydroxyl groups excluding tert-OH is 1. The molecule has 10 heteroatoms. The fourth-order valence-electron chi connectivity index (χ4n) is 5.50. The molecule has 0 aliphatic carbocycles.